The second kappa shape index (κ2) is 5.79. The first-order chi connectivity index (χ1) is 9.08. The van der Waals surface area contributed by atoms with Gasteiger partial charge in [0.05, 0.1) is 4.92 Å². The van der Waals surface area contributed by atoms with Crippen LogP contribution in [0.5, 0.6) is 0 Å². The summed E-state index contributed by atoms with van der Waals surface area (Å²) in [5.41, 5.74) is 0.533. The minimum Gasteiger partial charge on any atom is -0.316 e. The van der Waals surface area contributed by atoms with Crippen molar-refractivity contribution in [1.82, 2.24) is 0 Å². The van der Waals surface area contributed by atoms with Crippen molar-refractivity contribution < 1.29 is 9.72 Å². The van der Waals surface area contributed by atoms with Gasteiger partial charge in [-0.15, -0.1) is 0 Å². The van der Waals surface area contributed by atoms with Crippen LogP contribution in [0.25, 0.3) is 0 Å². The van der Waals surface area contributed by atoms with Crippen LogP contribution >= 0.6 is 22.6 Å². The molecule has 0 saturated carbocycles. The van der Waals surface area contributed by atoms with Gasteiger partial charge >= 0.3 is 0 Å². The Morgan fingerprint density at radius 3 is 2.47 bits per heavy atom. The highest BCUT2D eigenvalue weighted by Gasteiger charge is 2.16. The van der Waals surface area contributed by atoms with Gasteiger partial charge in [0.2, 0.25) is 0 Å². The maximum atomic E-state index is 11.9. The van der Waals surface area contributed by atoms with E-state index in [0.29, 0.717) is 5.56 Å². The van der Waals surface area contributed by atoms with E-state index in [9.17, 15) is 14.9 Å². The van der Waals surface area contributed by atoms with Crippen LogP contribution in [-0.2, 0) is 0 Å². The van der Waals surface area contributed by atoms with E-state index < -0.39 is 4.92 Å². The number of hydrogen-bond acceptors (Lipinski definition) is 3. The maximum absolute atomic E-state index is 11.9. The Bertz CT molecular complexity index is 629. The summed E-state index contributed by atoms with van der Waals surface area (Å²) >= 11 is 1.98. The van der Waals surface area contributed by atoms with Gasteiger partial charge in [0, 0.05) is 15.2 Å². The summed E-state index contributed by atoms with van der Waals surface area (Å²) in [5.74, 6) is -0.370. The van der Waals surface area contributed by atoms with Crippen molar-refractivity contribution >= 4 is 39.9 Å². The molecule has 0 atom stereocenters. The minimum absolute atomic E-state index is 0.115. The number of amides is 1. The highest BCUT2D eigenvalue weighted by molar-refractivity contribution is 14.1. The molecule has 5 nitrogen and oxygen atoms in total. The Hall–Kier alpha value is -1.96. The van der Waals surface area contributed by atoms with Crippen molar-refractivity contribution in [2.24, 2.45) is 0 Å². The molecule has 0 bridgehead atoms. The lowest BCUT2D eigenvalue weighted by molar-refractivity contribution is -0.384. The van der Waals surface area contributed by atoms with E-state index in [1.54, 1.807) is 36.4 Å². The van der Waals surface area contributed by atoms with Gasteiger partial charge in [-0.25, -0.2) is 0 Å². The molecule has 1 N–H and O–H groups in total. The molecular formula is C13H9IN2O3. The number of hydrogen-bond donors (Lipinski definition) is 1. The highest BCUT2D eigenvalue weighted by atomic mass is 127. The second-order valence-electron chi connectivity index (χ2n) is 3.74. The number of halogens is 1. The van der Waals surface area contributed by atoms with E-state index in [1.165, 1.54) is 12.1 Å². The van der Waals surface area contributed by atoms with Gasteiger partial charge in [0.25, 0.3) is 11.6 Å². The Morgan fingerprint density at radius 2 is 1.84 bits per heavy atom. The molecule has 6 heteroatoms. The zero-order valence-corrected chi connectivity index (χ0v) is 11.8. The van der Waals surface area contributed by atoms with Crippen LogP contribution in [-0.4, -0.2) is 10.8 Å². The van der Waals surface area contributed by atoms with Crippen molar-refractivity contribution in [3.05, 3.63) is 67.8 Å². The highest BCUT2D eigenvalue weighted by Crippen LogP contribution is 2.26. The largest absolute Gasteiger partial charge is 0.316 e. The molecule has 0 fully saturated rings. The predicted molar refractivity (Wildman–Crippen MR) is 80.2 cm³/mol. The summed E-state index contributed by atoms with van der Waals surface area (Å²) in [7, 11) is 0. The number of carbonyl (C=O) groups is 1. The molecule has 1 amide bonds. The van der Waals surface area contributed by atoms with Crippen LogP contribution in [0.15, 0.2) is 48.5 Å². The molecule has 19 heavy (non-hydrogen) atoms. The molecular weight excluding hydrogens is 359 g/mol. The fourth-order valence-electron chi connectivity index (χ4n) is 1.55. The van der Waals surface area contributed by atoms with E-state index in [0.717, 1.165) is 3.57 Å². The van der Waals surface area contributed by atoms with Crippen LogP contribution in [0.3, 0.4) is 0 Å². The van der Waals surface area contributed by atoms with Crippen molar-refractivity contribution in [3.63, 3.8) is 0 Å². The number of benzene rings is 2. The number of anilines is 1. The van der Waals surface area contributed by atoms with Gasteiger partial charge in [0.1, 0.15) is 5.69 Å². The van der Waals surface area contributed by atoms with E-state index in [4.69, 9.17) is 0 Å². The van der Waals surface area contributed by atoms with Crippen molar-refractivity contribution in [1.29, 1.82) is 0 Å². The first-order valence-corrected chi connectivity index (χ1v) is 6.46. The average Bonchev–Trinajstić information content (AvgIpc) is 2.41. The van der Waals surface area contributed by atoms with Crippen molar-refractivity contribution in [2.75, 3.05) is 5.32 Å². The van der Waals surface area contributed by atoms with Gasteiger partial charge < -0.3 is 5.32 Å². The summed E-state index contributed by atoms with van der Waals surface area (Å²) < 4.78 is 0.738. The first-order valence-electron chi connectivity index (χ1n) is 5.38. The van der Waals surface area contributed by atoms with Crippen LogP contribution in [0.4, 0.5) is 11.4 Å². The summed E-state index contributed by atoms with van der Waals surface area (Å²) in [5, 5.41) is 13.5. The van der Waals surface area contributed by atoms with Crippen molar-refractivity contribution in [2.45, 2.75) is 0 Å². The smallest absolute Gasteiger partial charge is 0.293 e. The topological polar surface area (TPSA) is 72.2 Å². The first kappa shape index (κ1) is 13.5. The number of nitro benzene ring substituents is 1. The zero-order valence-electron chi connectivity index (χ0n) is 9.67. The number of nitro groups is 1. The summed E-state index contributed by atoms with van der Waals surface area (Å²) in [6, 6.07) is 13.2. The van der Waals surface area contributed by atoms with Crippen molar-refractivity contribution in [3.8, 4) is 0 Å². The average molecular weight is 368 g/mol. The van der Waals surface area contributed by atoms with Gasteiger partial charge in [-0.05, 0) is 46.9 Å². The molecule has 0 radical (unpaired) electrons. The minimum atomic E-state index is -0.511. The molecule has 2 aromatic carbocycles. The quantitative estimate of drug-likeness (QED) is 0.513. The van der Waals surface area contributed by atoms with E-state index in [2.05, 4.69) is 5.32 Å². The summed E-state index contributed by atoms with van der Waals surface area (Å²) in [6.45, 7) is 0. The molecule has 0 spiro atoms. The zero-order chi connectivity index (χ0) is 13.8. The number of nitrogens with zero attached hydrogens (tertiary/aromatic N) is 1. The maximum Gasteiger partial charge on any atom is 0.293 e. The lowest BCUT2D eigenvalue weighted by Gasteiger charge is -2.06. The van der Waals surface area contributed by atoms with Crippen LogP contribution in [0, 0.1) is 13.7 Å². The normalized spacial score (nSPS) is 9.95. The molecule has 0 aromatic heterocycles. The van der Waals surface area contributed by atoms with E-state index in [1.807, 2.05) is 22.6 Å². The fourth-order valence-corrected chi connectivity index (χ4v) is 2.02. The van der Waals surface area contributed by atoms with Gasteiger partial charge in [-0.2, -0.15) is 0 Å². The molecule has 0 aliphatic carbocycles. The standard InChI is InChI=1S/C13H9IN2O3/c14-10-6-7-11(12(8-10)16(18)19)15-13(17)9-4-2-1-3-5-9/h1-8H,(H,15,17). The fraction of sp³-hybridized carbons (Fsp3) is 0. The third-order valence-electron chi connectivity index (χ3n) is 2.44. The van der Waals surface area contributed by atoms with Gasteiger partial charge in [-0.1, -0.05) is 18.2 Å². The summed E-state index contributed by atoms with van der Waals surface area (Å²) in [4.78, 5) is 22.4. The molecule has 0 aliphatic heterocycles. The molecule has 0 unspecified atom stereocenters. The Balaban J connectivity index is 2.29. The second-order valence-corrected chi connectivity index (χ2v) is 4.98. The van der Waals surface area contributed by atoms with E-state index >= 15 is 0 Å². The number of carbonyl (C=O) groups excluding carboxylic acids is 1. The van der Waals surface area contributed by atoms with Crippen LogP contribution < -0.4 is 5.32 Å². The Morgan fingerprint density at radius 1 is 1.16 bits per heavy atom. The van der Waals surface area contributed by atoms with Crippen LogP contribution in [0.2, 0.25) is 0 Å². The molecule has 0 heterocycles. The van der Waals surface area contributed by atoms with E-state index in [-0.39, 0.29) is 17.3 Å². The molecule has 2 aromatic rings. The number of rotatable bonds is 3. The lowest BCUT2D eigenvalue weighted by atomic mass is 10.2. The molecule has 96 valence electrons. The molecule has 2 rings (SSSR count). The van der Waals surface area contributed by atoms with Gasteiger partial charge in [0.15, 0.2) is 0 Å². The van der Waals surface area contributed by atoms with Gasteiger partial charge in [-0.3, -0.25) is 14.9 Å². The third-order valence-corrected chi connectivity index (χ3v) is 3.11. The lowest BCUT2D eigenvalue weighted by Crippen LogP contribution is -2.13. The molecule has 0 saturated heterocycles. The number of nitrogens with one attached hydrogen (secondary N) is 1. The Kier molecular flexibility index (Phi) is 4.10. The predicted octanol–water partition coefficient (Wildman–Crippen LogP) is 3.45. The monoisotopic (exact) mass is 368 g/mol. The Labute approximate surface area is 122 Å². The molecule has 0 aliphatic rings. The third kappa shape index (κ3) is 3.28. The summed E-state index contributed by atoms with van der Waals surface area (Å²) in [6.07, 6.45) is 0. The van der Waals surface area contributed by atoms with Crippen LogP contribution in [0.1, 0.15) is 10.4 Å². The SMILES string of the molecule is O=C(Nc1ccc(I)cc1[N+](=O)[O-])c1ccccc1.